The zero-order valence-electron chi connectivity index (χ0n) is 20.0. The van der Waals surface area contributed by atoms with Gasteiger partial charge in [0.05, 0.1) is 0 Å². The molecule has 4 rings (SSSR count). The molecule has 12 nitrogen and oxygen atoms in total. The van der Waals surface area contributed by atoms with Crippen LogP contribution in [0.1, 0.15) is 30.5 Å². The van der Waals surface area contributed by atoms with E-state index in [0.29, 0.717) is 5.69 Å². The number of hydrogen-bond donors (Lipinski definition) is 6. The zero-order chi connectivity index (χ0) is 28.7. The fraction of sp³-hybridized carbons (Fsp3) is 0.167. The molecule has 0 saturated carbocycles. The normalized spacial score (nSPS) is 16.1. The summed E-state index contributed by atoms with van der Waals surface area (Å²) < 4.78 is 27.6. The van der Waals surface area contributed by atoms with Gasteiger partial charge in [-0.15, -0.1) is 0 Å². The van der Waals surface area contributed by atoms with Crippen molar-refractivity contribution < 1.29 is 33.4 Å². The first kappa shape index (κ1) is 28.8. The molecule has 1 aliphatic heterocycles. The van der Waals surface area contributed by atoms with Gasteiger partial charge in [0.2, 0.25) is 17.7 Å². The van der Waals surface area contributed by atoms with Crippen LogP contribution in [-0.2, 0) is 14.4 Å². The van der Waals surface area contributed by atoms with Crippen molar-refractivity contribution in [2.75, 3.05) is 5.32 Å². The van der Waals surface area contributed by atoms with E-state index in [2.05, 4.69) is 15.6 Å². The summed E-state index contributed by atoms with van der Waals surface area (Å²) in [4.78, 5) is 65.9. The van der Waals surface area contributed by atoms with Crippen LogP contribution < -0.4 is 21.9 Å². The van der Waals surface area contributed by atoms with E-state index in [-0.39, 0.29) is 17.2 Å². The van der Waals surface area contributed by atoms with E-state index in [1.165, 1.54) is 42.5 Å². The number of aromatic nitrogens is 2. The summed E-state index contributed by atoms with van der Waals surface area (Å²) in [6.07, 6.45) is -0.248. The van der Waals surface area contributed by atoms with Gasteiger partial charge in [-0.05, 0) is 30.3 Å². The summed E-state index contributed by atoms with van der Waals surface area (Å²) in [5.41, 5.74) is -2.14. The highest BCUT2D eigenvalue weighted by Crippen LogP contribution is 2.32. The van der Waals surface area contributed by atoms with E-state index in [1.54, 1.807) is 0 Å². The molecule has 15 heteroatoms. The largest absolute Gasteiger partial charge is 0.494 e. The van der Waals surface area contributed by atoms with Crippen LogP contribution in [0.5, 0.6) is 5.88 Å². The Labute approximate surface area is 222 Å². The first-order valence-corrected chi connectivity index (χ1v) is 11.9. The van der Waals surface area contributed by atoms with Gasteiger partial charge in [-0.25, -0.2) is 18.6 Å². The van der Waals surface area contributed by atoms with Gasteiger partial charge < -0.3 is 20.8 Å². The van der Waals surface area contributed by atoms with Crippen LogP contribution in [0.15, 0.2) is 63.1 Å². The topological polar surface area (TPSA) is 194 Å². The molecular formula is C24H21F2N5O7S. The minimum absolute atomic E-state index is 0.0205. The Morgan fingerprint density at radius 2 is 1.72 bits per heavy atom. The molecule has 0 radical (unpaired) electrons. The van der Waals surface area contributed by atoms with Gasteiger partial charge >= 0.3 is 5.69 Å². The Kier molecular flexibility index (Phi) is 9.33. The maximum Gasteiger partial charge on any atom is 0.328 e. The van der Waals surface area contributed by atoms with Crippen LogP contribution in [-0.4, -0.2) is 48.4 Å². The summed E-state index contributed by atoms with van der Waals surface area (Å²) >= 11 is 0.879. The van der Waals surface area contributed by atoms with E-state index >= 15 is 0 Å². The van der Waals surface area contributed by atoms with E-state index in [0.717, 1.165) is 24.8 Å². The second-order valence-electron chi connectivity index (χ2n) is 7.90. The highest BCUT2D eigenvalue weighted by atomic mass is 32.2. The van der Waals surface area contributed by atoms with E-state index < -0.39 is 63.4 Å². The Bertz CT molecular complexity index is 1530. The molecule has 2 unspecified atom stereocenters. The molecule has 6 N–H and O–H groups in total. The van der Waals surface area contributed by atoms with Crippen molar-refractivity contribution in [3.05, 3.63) is 92.1 Å². The molecular weight excluding hydrogens is 540 g/mol. The van der Waals surface area contributed by atoms with Crippen molar-refractivity contribution in [2.45, 2.75) is 24.6 Å². The third kappa shape index (κ3) is 7.85. The van der Waals surface area contributed by atoms with Crippen LogP contribution in [0.3, 0.4) is 0 Å². The number of anilines is 1. The average molecular weight is 562 g/mol. The Hall–Kier alpha value is -4.79. The van der Waals surface area contributed by atoms with Crippen LogP contribution in [0.2, 0.25) is 0 Å². The SMILES string of the molecule is CC(=O)O.O=C(CC1SC(=NC(c2ccccc2F)c2c(O)[nH]c(=O)[nH]c2=O)NC1=O)Nc1ccc(F)cc1. The van der Waals surface area contributed by atoms with Crippen molar-refractivity contribution in [2.24, 2.45) is 4.99 Å². The van der Waals surface area contributed by atoms with Gasteiger partial charge in [0, 0.05) is 24.6 Å². The lowest BCUT2D eigenvalue weighted by Gasteiger charge is -2.15. The number of rotatable bonds is 6. The number of carbonyl (C=O) groups is 3. The number of aliphatic imine (C=N–C) groups is 1. The zero-order valence-corrected chi connectivity index (χ0v) is 20.8. The van der Waals surface area contributed by atoms with E-state index in [9.17, 15) is 33.1 Å². The fourth-order valence-corrected chi connectivity index (χ4v) is 4.35. The maximum atomic E-state index is 14.6. The van der Waals surface area contributed by atoms with E-state index in [4.69, 9.17) is 9.90 Å². The number of amides is 2. The Morgan fingerprint density at radius 1 is 1.08 bits per heavy atom. The molecule has 2 aromatic carbocycles. The lowest BCUT2D eigenvalue weighted by Crippen LogP contribution is -2.29. The smallest absolute Gasteiger partial charge is 0.328 e. The number of benzene rings is 2. The summed E-state index contributed by atoms with van der Waals surface area (Å²) in [7, 11) is 0. The minimum atomic E-state index is -1.42. The molecule has 204 valence electrons. The van der Waals surface area contributed by atoms with Gasteiger partial charge in [0.25, 0.3) is 11.5 Å². The van der Waals surface area contributed by atoms with Crippen molar-refractivity contribution in [1.82, 2.24) is 15.3 Å². The lowest BCUT2D eigenvalue weighted by atomic mass is 10.0. The number of nitrogens with zero attached hydrogens (tertiary/aromatic N) is 1. The number of aromatic hydroxyl groups is 1. The average Bonchev–Trinajstić information content (AvgIpc) is 3.17. The van der Waals surface area contributed by atoms with Crippen LogP contribution >= 0.6 is 11.8 Å². The van der Waals surface area contributed by atoms with Crippen molar-refractivity contribution >= 4 is 40.4 Å². The first-order valence-electron chi connectivity index (χ1n) is 11.0. The molecule has 1 fully saturated rings. The van der Waals surface area contributed by atoms with Crippen LogP contribution in [0, 0.1) is 11.6 Å². The summed E-state index contributed by atoms with van der Waals surface area (Å²) in [5.74, 6) is -3.90. The van der Waals surface area contributed by atoms with Gasteiger partial charge in [-0.1, -0.05) is 30.0 Å². The molecule has 1 saturated heterocycles. The molecule has 39 heavy (non-hydrogen) atoms. The number of carboxylic acid groups (broad SMARTS) is 1. The molecule has 1 aliphatic rings. The van der Waals surface area contributed by atoms with Crippen molar-refractivity contribution in [3.63, 3.8) is 0 Å². The maximum absolute atomic E-state index is 14.6. The highest BCUT2D eigenvalue weighted by molar-refractivity contribution is 8.15. The lowest BCUT2D eigenvalue weighted by molar-refractivity contribution is -0.134. The molecule has 0 bridgehead atoms. The third-order valence-corrected chi connectivity index (χ3v) is 6.05. The first-order chi connectivity index (χ1) is 18.4. The standard InChI is InChI=1S/C22H17F2N5O5S.C2H4O2/c23-10-5-7-11(8-6-10)25-15(30)9-14-18(31)29-22(35-14)26-17(12-3-1-2-4-13(12)24)16-19(32)27-21(34)28-20(16)33;1-2(3)4/h1-8,14,17H,9H2,(H,25,30)(H,26,29,31)(H3,27,28,32,33,34);1H3,(H,3,4). The highest BCUT2D eigenvalue weighted by Gasteiger charge is 2.34. The number of aliphatic carboxylic acids is 1. The predicted molar refractivity (Wildman–Crippen MR) is 138 cm³/mol. The van der Waals surface area contributed by atoms with Crippen molar-refractivity contribution in [1.29, 1.82) is 0 Å². The van der Waals surface area contributed by atoms with Gasteiger partial charge in [0.15, 0.2) is 5.17 Å². The predicted octanol–water partition coefficient (Wildman–Crippen LogP) is 1.84. The number of carboxylic acids is 1. The number of hydrogen-bond acceptors (Lipinski definition) is 8. The number of halogens is 2. The van der Waals surface area contributed by atoms with Gasteiger partial charge in [-0.3, -0.25) is 29.1 Å². The monoisotopic (exact) mass is 561 g/mol. The number of aromatic amines is 2. The Balaban J connectivity index is 0.000000983. The molecule has 2 heterocycles. The fourth-order valence-electron chi connectivity index (χ4n) is 3.36. The van der Waals surface area contributed by atoms with Gasteiger partial charge in [-0.2, -0.15) is 0 Å². The number of amidine groups is 1. The molecule has 3 aromatic rings. The van der Waals surface area contributed by atoms with Crippen LogP contribution in [0.4, 0.5) is 14.5 Å². The summed E-state index contributed by atoms with van der Waals surface area (Å²) in [6.45, 7) is 1.08. The van der Waals surface area contributed by atoms with Gasteiger partial charge in [0.1, 0.15) is 28.5 Å². The second-order valence-corrected chi connectivity index (χ2v) is 9.09. The number of thioether (sulfide) groups is 1. The Morgan fingerprint density at radius 3 is 2.33 bits per heavy atom. The second kappa shape index (κ2) is 12.6. The molecule has 2 atom stereocenters. The quantitative estimate of drug-likeness (QED) is 0.262. The third-order valence-electron chi connectivity index (χ3n) is 4.95. The van der Waals surface area contributed by atoms with E-state index in [1.807, 2.05) is 9.97 Å². The molecule has 0 spiro atoms. The van der Waals surface area contributed by atoms with Crippen molar-refractivity contribution in [3.8, 4) is 5.88 Å². The molecule has 0 aliphatic carbocycles. The minimum Gasteiger partial charge on any atom is -0.494 e. The number of carbonyl (C=O) groups excluding carboxylic acids is 2. The van der Waals surface area contributed by atoms with Crippen LogP contribution in [0.25, 0.3) is 0 Å². The summed E-state index contributed by atoms with van der Waals surface area (Å²) in [5, 5.41) is 21.7. The number of H-pyrrole nitrogens is 2. The molecule has 1 aromatic heterocycles. The number of nitrogens with one attached hydrogen (secondary N) is 4. The molecule has 2 amide bonds. The summed E-state index contributed by atoms with van der Waals surface area (Å²) in [6, 6.07) is 9.04.